The van der Waals surface area contributed by atoms with Crippen molar-refractivity contribution in [3.63, 3.8) is 0 Å². The molecule has 0 aromatic heterocycles. The number of para-hydroxylation sites is 4. The third-order valence-corrected chi connectivity index (χ3v) is 8.13. The summed E-state index contributed by atoms with van der Waals surface area (Å²) in [5.41, 5.74) is 9.02. The molecule has 0 saturated heterocycles. The van der Waals surface area contributed by atoms with Gasteiger partial charge in [-0.25, -0.2) is 0 Å². The quantitative estimate of drug-likeness (QED) is 0.224. The van der Waals surface area contributed by atoms with E-state index in [-0.39, 0.29) is 0 Å². The smallest absolute Gasteiger partial charge is 0.126 e. The van der Waals surface area contributed by atoms with Crippen molar-refractivity contribution in [3.05, 3.63) is 117 Å². The summed E-state index contributed by atoms with van der Waals surface area (Å²) in [7, 11) is 0. The third-order valence-electron chi connectivity index (χ3n) is 8.13. The Morgan fingerprint density at radius 3 is 1.05 bits per heavy atom. The average molecular weight is 595 g/mol. The molecule has 0 amide bonds. The van der Waals surface area contributed by atoms with E-state index >= 15 is 0 Å². The van der Waals surface area contributed by atoms with Gasteiger partial charge < -0.3 is 28.4 Å². The SMILES string of the molecule is CCOc1c2cccc1Cc1cccc3c1OCCOCCOCCOc1c(cccc1Cc1cccc(c1OCC)C3)C2. The van der Waals surface area contributed by atoms with Crippen LogP contribution in [-0.4, -0.2) is 52.9 Å². The molecule has 6 rings (SSSR count). The normalized spacial score (nSPS) is 15.4. The van der Waals surface area contributed by atoms with Crippen LogP contribution in [0.5, 0.6) is 23.0 Å². The number of hydrogen-bond acceptors (Lipinski definition) is 6. The first kappa shape index (κ1) is 30.0. The van der Waals surface area contributed by atoms with Crippen molar-refractivity contribution < 1.29 is 28.4 Å². The highest BCUT2D eigenvalue weighted by atomic mass is 16.6. The van der Waals surface area contributed by atoms with Crippen LogP contribution in [0.15, 0.2) is 72.8 Å². The molecule has 0 fully saturated rings. The van der Waals surface area contributed by atoms with Crippen LogP contribution in [0.25, 0.3) is 0 Å². The van der Waals surface area contributed by atoms with Gasteiger partial charge in [0.25, 0.3) is 0 Å². The van der Waals surface area contributed by atoms with E-state index in [1.165, 1.54) is 0 Å². The Balaban J connectivity index is 1.58. The second-order valence-electron chi connectivity index (χ2n) is 11.1. The van der Waals surface area contributed by atoms with Crippen LogP contribution in [0, 0.1) is 0 Å². The Kier molecular flexibility index (Phi) is 10.0. The second-order valence-corrected chi connectivity index (χ2v) is 11.1. The van der Waals surface area contributed by atoms with Crippen molar-refractivity contribution in [3.8, 4) is 23.0 Å². The molecule has 2 aliphatic rings. The van der Waals surface area contributed by atoms with Crippen molar-refractivity contribution in [2.45, 2.75) is 39.5 Å². The van der Waals surface area contributed by atoms with Crippen LogP contribution in [0.3, 0.4) is 0 Å². The lowest BCUT2D eigenvalue weighted by Gasteiger charge is -2.22. The maximum absolute atomic E-state index is 6.56. The van der Waals surface area contributed by atoms with E-state index in [0.29, 0.717) is 78.5 Å². The Morgan fingerprint density at radius 1 is 0.432 bits per heavy atom. The molecule has 230 valence electrons. The zero-order valence-electron chi connectivity index (χ0n) is 25.9. The van der Waals surface area contributed by atoms with Gasteiger partial charge in [0.15, 0.2) is 0 Å². The monoisotopic (exact) mass is 594 g/mol. The maximum atomic E-state index is 6.56. The van der Waals surface area contributed by atoms with E-state index in [9.17, 15) is 0 Å². The Labute approximate surface area is 260 Å². The Bertz CT molecular complexity index is 1360. The van der Waals surface area contributed by atoms with Crippen molar-refractivity contribution >= 4 is 0 Å². The van der Waals surface area contributed by atoms with Gasteiger partial charge >= 0.3 is 0 Å². The summed E-state index contributed by atoms with van der Waals surface area (Å²) in [5, 5.41) is 0. The topological polar surface area (TPSA) is 55.4 Å². The first-order valence-corrected chi connectivity index (χ1v) is 15.8. The molecule has 6 nitrogen and oxygen atoms in total. The van der Waals surface area contributed by atoms with Gasteiger partial charge in [-0.1, -0.05) is 72.8 Å². The Hall–Kier alpha value is -4.00. The summed E-state index contributed by atoms with van der Waals surface area (Å²) in [5.74, 6) is 3.67. The van der Waals surface area contributed by atoms with E-state index < -0.39 is 0 Å². The maximum Gasteiger partial charge on any atom is 0.126 e. The largest absolute Gasteiger partial charge is 0.493 e. The molecule has 1 aliphatic carbocycles. The lowest BCUT2D eigenvalue weighted by atomic mass is 9.91. The van der Waals surface area contributed by atoms with Gasteiger partial charge in [0.05, 0.1) is 39.6 Å². The van der Waals surface area contributed by atoms with Crippen molar-refractivity contribution in [2.75, 3.05) is 52.9 Å². The van der Waals surface area contributed by atoms with E-state index in [1.807, 2.05) is 13.8 Å². The fraction of sp³-hybridized carbons (Fsp3) is 0.368. The standard InChI is InChI=1S/C38H42O6/c1-3-41-35-27-9-5-10-28(35)24-32-14-8-16-34-26-30-12-6-11-29(36(30)42-4-2)25-33-15-7-13-31(23-27)37(33)43-21-19-39-17-18-40-20-22-44-38(32)34/h5-16H,3-4,17-26H2,1-2H3. The van der Waals surface area contributed by atoms with Crippen molar-refractivity contribution in [2.24, 2.45) is 0 Å². The van der Waals surface area contributed by atoms with Crippen molar-refractivity contribution in [1.29, 1.82) is 0 Å². The van der Waals surface area contributed by atoms with E-state index in [0.717, 1.165) is 67.5 Å². The predicted octanol–water partition coefficient (Wildman–Crippen LogP) is 6.97. The van der Waals surface area contributed by atoms with Crippen LogP contribution in [0.4, 0.5) is 0 Å². The summed E-state index contributed by atoms with van der Waals surface area (Å²) >= 11 is 0. The summed E-state index contributed by atoms with van der Waals surface area (Å²) in [6.07, 6.45) is 2.73. The van der Waals surface area contributed by atoms with E-state index in [4.69, 9.17) is 28.4 Å². The summed E-state index contributed by atoms with van der Waals surface area (Å²) < 4.78 is 37.6. The van der Waals surface area contributed by atoms with Crippen LogP contribution >= 0.6 is 0 Å². The molecule has 4 aromatic carbocycles. The summed E-state index contributed by atoms with van der Waals surface area (Å²) in [4.78, 5) is 0. The van der Waals surface area contributed by atoms with Crippen LogP contribution < -0.4 is 18.9 Å². The molecule has 0 N–H and O–H groups in total. The average Bonchev–Trinajstić information content (AvgIpc) is 3.02. The van der Waals surface area contributed by atoms with Gasteiger partial charge in [-0.2, -0.15) is 0 Å². The van der Waals surface area contributed by atoms with Gasteiger partial charge in [0.2, 0.25) is 0 Å². The molecule has 0 saturated carbocycles. The molecule has 0 unspecified atom stereocenters. The molecule has 44 heavy (non-hydrogen) atoms. The number of ether oxygens (including phenoxy) is 6. The highest BCUT2D eigenvalue weighted by Crippen LogP contribution is 2.38. The van der Waals surface area contributed by atoms with Gasteiger partial charge in [-0.15, -0.1) is 0 Å². The molecule has 0 radical (unpaired) electrons. The zero-order chi connectivity index (χ0) is 30.1. The number of rotatable bonds is 4. The fourth-order valence-electron chi connectivity index (χ4n) is 6.24. The lowest BCUT2D eigenvalue weighted by Crippen LogP contribution is -2.14. The number of benzene rings is 4. The predicted molar refractivity (Wildman–Crippen MR) is 172 cm³/mol. The Morgan fingerprint density at radius 2 is 0.727 bits per heavy atom. The molecular weight excluding hydrogens is 552 g/mol. The fourth-order valence-corrected chi connectivity index (χ4v) is 6.24. The van der Waals surface area contributed by atoms with Gasteiger partial charge in [0, 0.05) is 25.7 Å². The van der Waals surface area contributed by atoms with Crippen LogP contribution in [-0.2, 0) is 35.2 Å². The first-order valence-electron chi connectivity index (χ1n) is 15.8. The van der Waals surface area contributed by atoms with E-state index in [2.05, 4.69) is 72.8 Å². The molecule has 1 aliphatic heterocycles. The number of hydrogen-bond donors (Lipinski definition) is 0. The van der Waals surface area contributed by atoms with Gasteiger partial charge in [0.1, 0.15) is 36.2 Å². The highest BCUT2D eigenvalue weighted by molar-refractivity contribution is 5.55. The molecule has 1 heterocycles. The third kappa shape index (κ3) is 6.87. The highest BCUT2D eigenvalue weighted by Gasteiger charge is 2.21. The van der Waals surface area contributed by atoms with Crippen molar-refractivity contribution in [1.82, 2.24) is 0 Å². The molecule has 10 bridgehead atoms. The minimum atomic E-state index is 0.445. The van der Waals surface area contributed by atoms with Crippen LogP contribution in [0.1, 0.15) is 58.4 Å². The van der Waals surface area contributed by atoms with E-state index in [1.54, 1.807) is 0 Å². The zero-order valence-corrected chi connectivity index (χ0v) is 25.9. The van der Waals surface area contributed by atoms with Gasteiger partial charge in [-0.3, -0.25) is 0 Å². The summed E-state index contributed by atoms with van der Waals surface area (Å²) in [6.45, 7) is 8.11. The minimum Gasteiger partial charge on any atom is -0.493 e. The molecule has 0 spiro atoms. The minimum absolute atomic E-state index is 0.445. The number of fused-ring (bicyclic) bond motifs is 2. The lowest BCUT2D eigenvalue weighted by molar-refractivity contribution is 0.0271. The molecule has 0 atom stereocenters. The molecule has 6 heteroatoms. The van der Waals surface area contributed by atoms with Crippen LogP contribution in [0.2, 0.25) is 0 Å². The summed E-state index contributed by atoms with van der Waals surface area (Å²) in [6, 6.07) is 25.9. The molecule has 4 aromatic rings. The van der Waals surface area contributed by atoms with Gasteiger partial charge in [-0.05, 0) is 58.4 Å². The molecular formula is C38H42O6. The first-order chi connectivity index (χ1) is 21.7. The second kappa shape index (κ2) is 14.7.